The van der Waals surface area contributed by atoms with Crippen molar-refractivity contribution < 1.29 is 22.0 Å². The Kier molecular flexibility index (Phi) is 6.02. The van der Waals surface area contributed by atoms with E-state index >= 15 is 4.39 Å². The van der Waals surface area contributed by atoms with E-state index in [2.05, 4.69) is 15.0 Å². The van der Waals surface area contributed by atoms with Gasteiger partial charge < -0.3 is 14.5 Å². The fourth-order valence-electron chi connectivity index (χ4n) is 5.04. The molecule has 1 fully saturated rings. The minimum Gasteiger partial charge on any atom is -0.333 e. The molecule has 0 atom stereocenters. The number of ketones is 1. The number of H-pyrrole nitrogens is 2. The monoisotopic (exact) mass is 564 g/mol. The van der Waals surface area contributed by atoms with Gasteiger partial charge >= 0.3 is 0 Å². The molecule has 3 aromatic heterocycles. The zero-order valence-electron chi connectivity index (χ0n) is 21.1. The Morgan fingerprint density at radius 2 is 1.82 bits per heavy atom. The van der Waals surface area contributed by atoms with Crippen LogP contribution in [0.2, 0.25) is 0 Å². The number of hydrogen-bond acceptors (Lipinski definition) is 6. The highest BCUT2D eigenvalue weighted by atomic mass is 32.2. The summed E-state index contributed by atoms with van der Waals surface area (Å²) in [6.45, 7) is 1.16. The molecule has 9 nitrogen and oxygen atoms in total. The first-order valence-electron chi connectivity index (χ1n) is 12.5. The first-order chi connectivity index (χ1) is 19.0. The van der Waals surface area contributed by atoms with Crippen molar-refractivity contribution in [2.75, 3.05) is 5.75 Å². The first-order valence-corrected chi connectivity index (χ1v) is 14.2. The molecule has 0 saturated heterocycles. The Bertz CT molecular complexity index is 2090. The number of benzene rings is 2. The van der Waals surface area contributed by atoms with Crippen LogP contribution in [-0.2, 0) is 16.4 Å². The summed E-state index contributed by atoms with van der Waals surface area (Å²) in [5, 5.41) is -0.195. The van der Waals surface area contributed by atoms with E-state index in [0.29, 0.717) is 18.2 Å². The van der Waals surface area contributed by atoms with Gasteiger partial charge in [-0.2, -0.15) is 0 Å². The average Bonchev–Trinajstić information content (AvgIpc) is 3.72. The van der Waals surface area contributed by atoms with E-state index in [1.54, 1.807) is 6.07 Å². The standard InChI is InChI=1S/C28H22F2N4O5S/c1-14-7-19-23(10-20(14)29)34(11-15-8-18-22(9-21(15)30)32-13-33-28(18)37)26(24(35)12-40(38,39)16-4-5-16)25(19)17-3-2-6-31-27(17)36/h2-3,6-10,13,16H,4-5,11-12H2,1H3,(H,31,36)(H,32,33,37). The van der Waals surface area contributed by atoms with Crippen LogP contribution in [0.4, 0.5) is 8.78 Å². The molecule has 0 aliphatic heterocycles. The number of Topliss-reactive ketones (excluding diaryl/α,β-unsaturated/α-hetero) is 1. The molecule has 0 unspecified atom stereocenters. The molecule has 2 aromatic carbocycles. The van der Waals surface area contributed by atoms with Crippen molar-refractivity contribution in [3.05, 3.63) is 98.1 Å². The normalized spacial score (nSPS) is 13.8. The smallest absolute Gasteiger partial charge is 0.258 e. The summed E-state index contributed by atoms with van der Waals surface area (Å²) in [4.78, 5) is 48.1. The number of carbonyl (C=O) groups excluding carboxylic acids is 1. The van der Waals surface area contributed by atoms with Crippen molar-refractivity contribution in [2.24, 2.45) is 0 Å². The van der Waals surface area contributed by atoms with E-state index in [4.69, 9.17) is 0 Å². The van der Waals surface area contributed by atoms with E-state index in [-0.39, 0.29) is 50.9 Å². The second kappa shape index (κ2) is 9.33. The van der Waals surface area contributed by atoms with E-state index in [9.17, 15) is 27.2 Å². The minimum absolute atomic E-state index is 0.0171. The van der Waals surface area contributed by atoms with Crippen LogP contribution >= 0.6 is 0 Å². The first kappa shape index (κ1) is 25.8. The number of hydrogen-bond donors (Lipinski definition) is 2. The molecule has 40 heavy (non-hydrogen) atoms. The SMILES string of the molecule is Cc1cc2c(-c3ccc[nH]c3=O)c(C(=O)CS(=O)(=O)C3CC3)n(Cc3cc4c(=O)[nH]cnc4cc3F)c2cc1F. The molecule has 2 N–H and O–H groups in total. The lowest BCUT2D eigenvalue weighted by molar-refractivity contribution is 0.101. The van der Waals surface area contributed by atoms with Gasteiger partial charge in [-0.05, 0) is 55.7 Å². The molecule has 0 bridgehead atoms. The number of halogens is 2. The number of nitrogens with one attached hydrogen (secondary N) is 2. The zero-order chi connectivity index (χ0) is 28.3. The van der Waals surface area contributed by atoms with Gasteiger partial charge in [0.1, 0.15) is 17.4 Å². The van der Waals surface area contributed by atoms with Gasteiger partial charge in [0.25, 0.3) is 11.1 Å². The molecular formula is C28H22F2N4O5S. The molecule has 1 aliphatic rings. The van der Waals surface area contributed by atoms with Crippen LogP contribution < -0.4 is 11.1 Å². The third-order valence-corrected chi connectivity index (χ3v) is 9.35. The maximum atomic E-state index is 15.3. The van der Waals surface area contributed by atoms with Crippen molar-refractivity contribution in [2.45, 2.75) is 31.6 Å². The number of aromatic amines is 2. The molecule has 0 amide bonds. The summed E-state index contributed by atoms with van der Waals surface area (Å²) >= 11 is 0. The van der Waals surface area contributed by atoms with E-state index in [1.165, 1.54) is 42.0 Å². The van der Waals surface area contributed by atoms with Crippen LogP contribution in [0.5, 0.6) is 0 Å². The van der Waals surface area contributed by atoms with Crippen molar-refractivity contribution in [1.82, 2.24) is 19.5 Å². The number of fused-ring (bicyclic) bond motifs is 2. The molecule has 204 valence electrons. The summed E-state index contributed by atoms with van der Waals surface area (Å²) in [5.41, 5.74) is -0.527. The number of aromatic nitrogens is 4. The van der Waals surface area contributed by atoms with Gasteiger partial charge in [0.15, 0.2) is 15.6 Å². The van der Waals surface area contributed by atoms with Crippen molar-refractivity contribution in [1.29, 1.82) is 0 Å². The largest absolute Gasteiger partial charge is 0.333 e. The van der Waals surface area contributed by atoms with E-state index < -0.39 is 49.4 Å². The summed E-state index contributed by atoms with van der Waals surface area (Å²) in [7, 11) is -3.78. The molecule has 1 aliphatic carbocycles. The van der Waals surface area contributed by atoms with Crippen molar-refractivity contribution in [3.8, 4) is 11.1 Å². The maximum Gasteiger partial charge on any atom is 0.258 e. The third-order valence-electron chi connectivity index (χ3n) is 7.20. The number of sulfone groups is 1. The molecule has 0 radical (unpaired) electrons. The fourth-order valence-corrected chi connectivity index (χ4v) is 6.64. The summed E-state index contributed by atoms with van der Waals surface area (Å²) in [5.74, 6) is -2.97. The summed E-state index contributed by atoms with van der Waals surface area (Å²) < 4.78 is 57.3. The number of nitrogens with zero attached hydrogens (tertiary/aromatic N) is 2. The van der Waals surface area contributed by atoms with E-state index in [0.717, 1.165) is 12.4 Å². The average molecular weight is 565 g/mol. The van der Waals surface area contributed by atoms with Crippen LogP contribution in [-0.4, -0.2) is 44.7 Å². The van der Waals surface area contributed by atoms with Crippen molar-refractivity contribution >= 4 is 37.4 Å². The van der Waals surface area contributed by atoms with Crippen LogP contribution in [0.3, 0.4) is 0 Å². The minimum atomic E-state index is -3.78. The molecule has 1 saturated carbocycles. The summed E-state index contributed by atoms with van der Waals surface area (Å²) in [6, 6.07) is 8.04. The Labute approximate surface area is 225 Å². The molecular weight excluding hydrogens is 542 g/mol. The predicted molar refractivity (Wildman–Crippen MR) is 145 cm³/mol. The van der Waals surface area contributed by atoms with Gasteiger partial charge in [-0.1, -0.05) is 0 Å². The quantitative estimate of drug-likeness (QED) is 0.290. The Balaban J connectivity index is 1.66. The summed E-state index contributed by atoms with van der Waals surface area (Å²) in [6.07, 6.45) is 3.47. The van der Waals surface area contributed by atoms with Crippen LogP contribution in [0.25, 0.3) is 32.9 Å². The zero-order valence-corrected chi connectivity index (χ0v) is 21.9. The predicted octanol–water partition coefficient (Wildman–Crippen LogP) is 3.63. The second-order valence-corrected chi connectivity index (χ2v) is 12.2. The Morgan fingerprint density at radius 3 is 2.55 bits per heavy atom. The molecule has 3 heterocycles. The van der Waals surface area contributed by atoms with Gasteiger partial charge in [-0.3, -0.25) is 14.4 Å². The number of carbonyl (C=O) groups is 1. The van der Waals surface area contributed by atoms with Gasteiger partial charge in [0, 0.05) is 34.3 Å². The molecule has 12 heteroatoms. The molecule has 5 aromatic rings. The lowest BCUT2D eigenvalue weighted by Crippen LogP contribution is -2.23. The highest BCUT2D eigenvalue weighted by molar-refractivity contribution is 7.93. The third kappa shape index (κ3) is 4.34. The van der Waals surface area contributed by atoms with Crippen LogP contribution in [0.1, 0.15) is 34.5 Å². The Morgan fingerprint density at radius 1 is 1.05 bits per heavy atom. The highest BCUT2D eigenvalue weighted by Crippen LogP contribution is 2.37. The van der Waals surface area contributed by atoms with E-state index in [1.807, 2.05) is 0 Å². The molecule has 0 spiro atoms. The van der Waals surface area contributed by atoms with Crippen molar-refractivity contribution in [3.63, 3.8) is 0 Å². The van der Waals surface area contributed by atoms with Crippen LogP contribution in [0, 0.1) is 18.6 Å². The lowest BCUT2D eigenvalue weighted by Gasteiger charge is -2.13. The topological polar surface area (TPSA) is 135 Å². The second-order valence-electron chi connectivity index (χ2n) is 9.96. The Hall–Kier alpha value is -4.45. The van der Waals surface area contributed by atoms with Gasteiger partial charge in [0.2, 0.25) is 0 Å². The number of rotatable bonds is 7. The maximum absolute atomic E-state index is 15.3. The molecule has 6 rings (SSSR count). The van der Waals surface area contributed by atoms with Gasteiger partial charge in [-0.25, -0.2) is 22.2 Å². The number of pyridine rings is 1. The van der Waals surface area contributed by atoms with Gasteiger partial charge in [0.05, 0.1) is 40.2 Å². The highest BCUT2D eigenvalue weighted by Gasteiger charge is 2.38. The number of aryl methyl sites for hydroxylation is 1. The van der Waals surface area contributed by atoms with Crippen LogP contribution in [0.15, 0.2) is 58.5 Å². The lowest BCUT2D eigenvalue weighted by atomic mass is 10.0. The fraction of sp³-hybridized carbons (Fsp3) is 0.214. The van der Waals surface area contributed by atoms with Gasteiger partial charge in [-0.15, -0.1) is 0 Å².